The number of nitrogens with zero attached hydrogens (tertiary/aromatic N) is 1. The van der Waals surface area contributed by atoms with Gasteiger partial charge >= 0.3 is 0 Å². The third-order valence-corrected chi connectivity index (χ3v) is 6.16. The van der Waals surface area contributed by atoms with Crippen LogP contribution in [0.2, 0.25) is 0 Å². The number of benzene rings is 2. The predicted molar refractivity (Wildman–Crippen MR) is 116 cm³/mol. The third-order valence-electron chi connectivity index (χ3n) is 4.88. The molecule has 0 radical (unpaired) electrons. The maximum Gasteiger partial charge on any atom is 0.237 e. The van der Waals surface area contributed by atoms with E-state index in [2.05, 4.69) is 43.4 Å². The van der Waals surface area contributed by atoms with Crippen LogP contribution in [0.25, 0.3) is 10.9 Å². The van der Waals surface area contributed by atoms with Gasteiger partial charge in [0.15, 0.2) is 0 Å². The van der Waals surface area contributed by atoms with E-state index in [-0.39, 0.29) is 11.2 Å². The zero-order valence-corrected chi connectivity index (χ0v) is 17.4. The number of anilines is 1. The van der Waals surface area contributed by atoms with E-state index < -0.39 is 0 Å². The maximum atomic E-state index is 12.9. The standard InChI is InChI=1S/C23H26N2OS/c1-6-19(23(26)25-21-14(2)9-7-10-15(21)3)27-20-13-17(5)18-12-8-11-16(4)22(18)24-20/h7-13,19H,6H2,1-5H3,(H,25,26). The largest absolute Gasteiger partial charge is 0.325 e. The molecule has 4 heteroatoms. The first-order valence-electron chi connectivity index (χ1n) is 9.31. The van der Waals surface area contributed by atoms with Gasteiger partial charge in [0.1, 0.15) is 0 Å². The first-order chi connectivity index (χ1) is 12.9. The summed E-state index contributed by atoms with van der Waals surface area (Å²) in [6, 6.07) is 14.4. The number of amides is 1. The van der Waals surface area contributed by atoms with Crippen LogP contribution >= 0.6 is 11.8 Å². The molecule has 2 aromatic carbocycles. The predicted octanol–water partition coefficient (Wildman–Crippen LogP) is 5.98. The Kier molecular flexibility index (Phi) is 5.85. The lowest BCUT2D eigenvalue weighted by Crippen LogP contribution is -2.25. The Hall–Kier alpha value is -2.33. The summed E-state index contributed by atoms with van der Waals surface area (Å²) in [5, 5.41) is 5.02. The molecule has 1 unspecified atom stereocenters. The van der Waals surface area contributed by atoms with Gasteiger partial charge in [-0.05, 0) is 62.4 Å². The number of thioether (sulfide) groups is 1. The molecule has 0 aliphatic heterocycles. The van der Waals surface area contributed by atoms with Crippen molar-refractivity contribution in [3.8, 4) is 0 Å². The molecule has 1 atom stereocenters. The molecular formula is C23H26N2OS. The van der Waals surface area contributed by atoms with Crippen molar-refractivity contribution in [3.05, 3.63) is 64.7 Å². The van der Waals surface area contributed by atoms with Crippen LogP contribution < -0.4 is 5.32 Å². The van der Waals surface area contributed by atoms with Crippen LogP contribution in [0, 0.1) is 27.7 Å². The van der Waals surface area contributed by atoms with Crippen LogP contribution in [0.3, 0.4) is 0 Å². The third kappa shape index (κ3) is 4.16. The summed E-state index contributed by atoms with van der Waals surface area (Å²) < 4.78 is 0. The summed E-state index contributed by atoms with van der Waals surface area (Å²) in [4.78, 5) is 17.7. The second-order valence-electron chi connectivity index (χ2n) is 7.02. The van der Waals surface area contributed by atoms with Gasteiger partial charge in [-0.2, -0.15) is 0 Å². The highest BCUT2D eigenvalue weighted by Crippen LogP contribution is 2.30. The average Bonchev–Trinajstić information content (AvgIpc) is 2.63. The number of aromatic nitrogens is 1. The second-order valence-corrected chi connectivity index (χ2v) is 8.24. The molecule has 27 heavy (non-hydrogen) atoms. The van der Waals surface area contributed by atoms with E-state index in [0.717, 1.165) is 39.3 Å². The minimum Gasteiger partial charge on any atom is -0.325 e. The molecule has 0 saturated heterocycles. The summed E-state index contributed by atoms with van der Waals surface area (Å²) in [6.45, 7) is 10.3. The minimum absolute atomic E-state index is 0.0317. The molecule has 3 rings (SSSR count). The number of hydrogen-bond donors (Lipinski definition) is 1. The summed E-state index contributed by atoms with van der Waals surface area (Å²) in [5.74, 6) is 0.0317. The van der Waals surface area contributed by atoms with Crippen LogP contribution in [0.15, 0.2) is 47.5 Å². The number of rotatable bonds is 5. The van der Waals surface area contributed by atoms with Crippen LogP contribution in [0.1, 0.15) is 35.6 Å². The lowest BCUT2D eigenvalue weighted by atomic mass is 10.1. The van der Waals surface area contributed by atoms with Crippen LogP contribution in [-0.4, -0.2) is 16.1 Å². The SMILES string of the molecule is CCC(Sc1cc(C)c2cccc(C)c2n1)C(=O)Nc1c(C)cccc1C. The fraction of sp³-hybridized carbons (Fsp3) is 0.304. The molecule has 1 N–H and O–H groups in total. The van der Waals surface area contributed by atoms with Gasteiger partial charge < -0.3 is 5.32 Å². The molecule has 1 amide bonds. The zero-order valence-electron chi connectivity index (χ0n) is 16.6. The van der Waals surface area contributed by atoms with Gasteiger partial charge in [-0.25, -0.2) is 4.98 Å². The van der Waals surface area contributed by atoms with Gasteiger partial charge in [0.05, 0.1) is 15.8 Å². The number of fused-ring (bicyclic) bond motifs is 1. The first kappa shape index (κ1) is 19.4. The Bertz CT molecular complexity index is 977. The smallest absolute Gasteiger partial charge is 0.237 e. The second kappa shape index (κ2) is 8.13. The van der Waals surface area contributed by atoms with Crippen molar-refractivity contribution in [3.63, 3.8) is 0 Å². The summed E-state index contributed by atoms with van der Waals surface area (Å²) >= 11 is 1.54. The number of carbonyl (C=O) groups is 1. The molecule has 1 heterocycles. The van der Waals surface area contributed by atoms with Gasteiger partial charge in [-0.3, -0.25) is 4.79 Å². The van der Waals surface area contributed by atoms with Gasteiger partial charge in [0, 0.05) is 11.1 Å². The molecule has 0 aliphatic rings. The van der Waals surface area contributed by atoms with Gasteiger partial charge in [-0.1, -0.05) is 55.1 Å². The Balaban J connectivity index is 1.86. The Labute approximate surface area is 165 Å². The quantitative estimate of drug-likeness (QED) is 0.556. The Morgan fingerprint density at radius 3 is 2.30 bits per heavy atom. The molecule has 1 aromatic heterocycles. The summed E-state index contributed by atoms with van der Waals surface area (Å²) in [5.41, 5.74) is 6.45. The number of para-hydroxylation sites is 2. The zero-order chi connectivity index (χ0) is 19.6. The Morgan fingerprint density at radius 1 is 1.00 bits per heavy atom. The van der Waals surface area contributed by atoms with Crippen molar-refractivity contribution in [2.75, 3.05) is 5.32 Å². The average molecular weight is 379 g/mol. The van der Waals surface area contributed by atoms with Gasteiger partial charge in [-0.15, -0.1) is 0 Å². The van der Waals surface area contributed by atoms with E-state index >= 15 is 0 Å². The van der Waals surface area contributed by atoms with Crippen molar-refractivity contribution in [2.24, 2.45) is 0 Å². The van der Waals surface area contributed by atoms with E-state index in [1.807, 2.05) is 39.0 Å². The molecule has 0 saturated carbocycles. The molecule has 3 aromatic rings. The fourth-order valence-corrected chi connectivity index (χ4v) is 4.29. The highest BCUT2D eigenvalue weighted by molar-refractivity contribution is 8.00. The van der Waals surface area contributed by atoms with Crippen LogP contribution in [0.4, 0.5) is 5.69 Å². The number of hydrogen-bond acceptors (Lipinski definition) is 3. The molecule has 3 nitrogen and oxygen atoms in total. The van der Waals surface area contributed by atoms with E-state index in [1.54, 1.807) is 11.8 Å². The topological polar surface area (TPSA) is 42.0 Å². The van der Waals surface area contributed by atoms with Gasteiger partial charge in [0.2, 0.25) is 5.91 Å². The Morgan fingerprint density at radius 2 is 1.63 bits per heavy atom. The summed E-state index contributed by atoms with van der Waals surface area (Å²) in [6.07, 6.45) is 0.744. The number of nitrogens with one attached hydrogen (secondary N) is 1. The number of carbonyl (C=O) groups excluding carboxylic acids is 1. The van der Waals surface area contributed by atoms with E-state index in [0.29, 0.717) is 0 Å². The van der Waals surface area contributed by atoms with Crippen molar-refractivity contribution in [1.82, 2.24) is 4.98 Å². The van der Waals surface area contributed by atoms with Crippen molar-refractivity contribution >= 4 is 34.3 Å². The van der Waals surface area contributed by atoms with Crippen molar-refractivity contribution < 1.29 is 4.79 Å². The maximum absolute atomic E-state index is 12.9. The monoisotopic (exact) mass is 378 g/mol. The van der Waals surface area contributed by atoms with Crippen molar-refractivity contribution in [1.29, 1.82) is 0 Å². The van der Waals surface area contributed by atoms with Crippen molar-refractivity contribution in [2.45, 2.75) is 51.3 Å². The number of pyridine rings is 1. The van der Waals surface area contributed by atoms with E-state index in [1.165, 1.54) is 10.9 Å². The molecule has 0 bridgehead atoms. The molecular weight excluding hydrogens is 352 g/mol. The molecule has 0 aliphatic carbocycles. The number of aryl methyl sites for hydroxylation is 4. The first-order valence-corrected chi connectivity index (χ1v) is 10.2. The normalized spacial score (nSPS) is 12.2. The van der Waals surface area contributed by atoms with Gasteiger partial charge in [0.25, 0.3) is 0 Å². The highest BCUT2D eigenvalue weighted by atomic mass is 32.2. The lowest BCUT2D eigenvalue weighted by Gasteiger charge is -2.17. The minimum atomic E-state index is -0.183. The lowest BCUT2D eigenvalue weighted by molar-refractivity contribution is -0.115. The van der Waals surface area contributed by atoms with Crippen LogP contribution in [0.5, 0.6) is 0 Å². The fourth-order valence-electron chi connectivity index (χ4n) is 3.27. The van der Waals surface area contributed by atoms with E-state index in [9.17, 15) is 4.79 Å². The summed E-state index contributed by atoms with van der Waals surface area (Å²) in [7, 11) is 0. The molecule has 0 spiro atoms. The molecule has 0 fully saturated rings. The molecule has 140 valence electrons. The van der Waals surface area contributed by atoms with Crippen LogP contribution in [-0.2, 0) is 4.79 Å². The highest BCUT2D eigenvalue weighted by Gasteiger charge is 2.20. The van der Waals surface area contributed by atoms with E-state index in [4.69, 9.17) is 4.98 Å².